The molecule has 0 saturated carbocycles. The van der Waals surface area contributed by atoms with Gasteiger partial charge < -0.3 is 5.32 Å². The molecule has 0 unspecified atom stereocenters. The van der Waals surface area contributed by atoms with Crippen LogP contribution in [0.15, 0.2) is 60.8 Å². The van der Waals surface area contributed by atoms with Crippen LogP contribution in [0.1, 0.15) is 30.9 Å². The van der Waals surface area contributed by atoms with E-state index in [1.165, 1.54) is 0 Å². The molecule has 0 spiro atoms. The van der Waals surface area contributed by atoms with Crippen LogP contribution in [0.4, 0.5) is 5.69 Å². The largest absolute Gasteiger partial charge is 0.324 e. The van der Waals surface area contributed by atoms with Crippen molar-refractivity contribution in [3.05, 3.63) is 71.9 Å². The van der Waals surface area contributed by atoms with Gasteiger partial charge in [0.2, 0.25) is 5.91 Å². The summed E-state index contributed by atoms with van der Waals surface area (Å²) < 4.78 is 1.67. The molecule has 128 valence electrons. The second-order valence-electron chi connectivity index (χ2n) is 6.51. The molecule has 4 nitrogen and oxygen atoms in total. The van der Waals surface area contributed by atoms with E-state index in [2.05, 4.69) is 30.3 Å². The average Bonchev–Trinajstić information content (AvgIpc) is 3.05. The minimum absolute atomic E-state index is 0.0705. The highest BCUT2D eigenvalue weighted by atomic mass is 16.2. The van der Waals surface area contributed by atoms with Gasteiger partial charge in [0.25, 0.3) is 0 Å². The monoisotopic (exact) mass is 333 g/mol. The number of carbonyl (C=O) groups excluding carboxylic acids is 1. The Morgan fingerprint density at radius 2 is 1.84 bits per heavy atom. The van der Waals surface area contributed by atoms with Gasteiger partial charge in [0.05, 0.1) is 5.69 Å². The van der Waals surface area contributed by atoms with E-state index >= 15 is 0 Å². The van der Waals surface area contributed by atoms with Crippen molar-refractivity contribution in [2.45, 2.75) is 33.2 Å². The van der Waals surface area contributed by atoms with E-state index in [-0.39, 0.29) is 12.5 Å². The molecule has 0 aliphatic carbocycles. The number of rotatable bonds is 5. The lowest BCUT2D eigenvalue weighted by Gasteiger charge is -2.16. The maximum absolute atomic E-state index is 12.5. The lowest BCUT2D eigenvalue weighted by molar-refractivity contribution is -0.116. The molecule has 0 saturated heterocycles. The molecule has 1 aromatic heterocycles. The molecule has 2 aromatic carbocycles. The number of aromatic nitrogens is 2. The molecule has 1 amide bonds. The van der Waals surface area contributed by atoms with Gasteiger partial charge in [0, 0.05) is 17.4 Å². The van der Waals surface area contributed by atoms with Crippen molar-refractivity contribution in [1.29, 1.82) is 0 Å². The fraction of sp³-hybridized carbons (Fsp3) is 0.238. The van der Waals surface area contributed by atoms with Crippen LogP contribution in [0.5, 0.6) is 0 Å². The summed E-state index contributed by atoms with van der Waals surface area (Å²) in [5, 5.41) is 7.56. The minimum Gasteiger partial charge on any atom is -0.324 e. The second kappa shape index (κ2) is 7.34. The Hall–Kier alpha value is -2.88. The van der Waals surface area contributed by atoms with Crippen molar-refractivity contribution >= 4 is 11.6 Å². The van der Waals surface area contributed by atoms with Crippen LogP contribution in [0.25, 0.3) is 11.3 Å². The van der Waals surface area contributed by atoms with Crippen molar-refractivity contribution in [2.24, 2.45) is 0 Å². The van der Waals surface area contributed by atoms with Gasteiger partial charge in [-0.05, 0) is 30.0 Å². The number of aryl methyl sites for hydroxylation is 1. The molecular formula is C21H23N3O. The summed E-state index contributed by atoms with van der Waals surface area (Å²) >= 11 is 0. The van der Waals surface area contributed by atoms with E-state index < -0.39 is 0 Å². The average molecular weight is 333 g/mol. The van der Waals surface area contributed by atoms with Crippen molar-refractivity contribution in [2.75, 3.05) is 5.32 Å². The van der Waals surface area contributed by atoms with E-state index in [1.807, 2.05) is 61.7 Å². The van der Waals surface area contributed by atoms with Crippen LogP contribution in [-0.2, 0) is 11.3 Å². The first-order valence-corrected chi connectivity index (χ1v) is 8.53. The van der Waals surface area contributed by atoms with Gasteiger partial charge in [0.15, 0.2) is 0 Å². The summed E-state index contributed by atoms with van der Waals surface area (Å²) in [6.07, 6.45) is 1.84. The summed E-state index contributed by atoms with van der Waals surface area (Å²) in [6, 6.07) is 18.0. The zero-order valence-electron chi connectivity index (χ0n) is 14.9. The summed E-state index contributed by atoms with van der Waals surface area (Å²) in [4.78, 5) is 12.5. The molecule has 25 heavy (non-hydrogen) atoms. The maximum atomic E-state index is 12.5. The van der Waals surface area contributed by atoms with E-state index in [9.17, 15) is 4.79 Å². The van der Waals surface area contributed by atoms with Gasteiger partial charge in [-0.2, -0.15) is 5.10 Å². The molecule has 0 aliphatic rings. The van der Waals surface area contributed by atoms with Crippen LogP contribution in [0, 0.1) is 6.92 Å². The normalized spacial score (nSPS) is 10.9. The SMILES string of the molecule is Cc1cccc(C(C)C)c1NC(=O)Cn1ccc(-c2ccccc2)n1. The van der Waals surface area contributed by atoms with Gasteiger partial charge in [-0.25, -0.2) is 0 Å². The molecule has 0 radical (unpaired) electrons. The standard InChI is InChI=1S/C21H23N3O/c1-15(2)18-11-7-8-16(3)21(18)22-20(25)14-24-13-12-19(23-24)17-9-5-4-6-10-17/h4-13,15H,14H2,1-3H3,(H,22,25). The van der Waals surface area contributed by atoms with Crippen molar-refractivity contribution in [3.63, 3.8) is 0 Å². The summed E-state index contributed by atoms with van der Waals surface area (Å²) in [5.74, 6) is 0.281. The number of nitrogens with zero attached hydrogens (tertiary/aromatic N) is 2. The van der Waals surface area contributed by atoms with E-state index in [4.69, 9.17) is 0 Å². The van der Waals surface area contributed by atoms with Crippen LogP contribution < -0.4 is 5.32 Å². The molecule has 0 fully saturated rings. The lowest BCUT2D eigenvalue weighted by Crippen LogP contribution is -2.20. The third kappa shape index (κ3) is 3.97. The molecule has 1 heterocycles. The lowest BCUT2D eigenvalue weighted by atomic mass is 9.98. The molecule has 4 heteroatoms. The van der Waals surface area contributed by atoms with Gasteiger partial charge in [-0.1, -0.05) is 62.4 Å². The topological polar surface area (TPSA) is 46.9 Å². The predicted octanol–water partition coefficient (Wildman–Crippen LogP) is 4.62. The molecule has 0 bridgehead atoms. The third-order valence-corrected chi connectivity index (χ3v) is 4.21. The van der Waals surface area contributed by atoms with Crippen molar-refractivity contribution < 1.29 is 4.79 Å². The Balaban J connectivity index is 1.73. The minimum atomic E-state index is -0.0705. The number of hydrogen-bond acceptors (Lipinski definition) is 2. The smallest absolute Gasteiger partial charge is 0.246 e. The number of carbonyl (C=O) groups is 1. The molecule has 0 aliphatic heterocycles. The number of benzene rings is 2. The molecular weight excluding hydrogens is 310 g/mol. The number of anilines is 1. The Morgan fingerprint density at radius 1 is 1.08 bits per heavy atom. The van der Waals surface area contributed by atoms with Crippen LogP contribution in [-0.4, -0.2) is 15.7 Å². The maximum Gasteiger partial charge on any atom is 0.246 e. The summed E-state index contributed by atoms with van der Waals surface area (Å²) in [6.45, 7) is 6.47. The highest BCUT2D eigenvalue weighted by Crippen LogP contribution is 2.27. The second-order valence-corrected chi connectivity index (χ2v) is 6.51. The van der Waals surface area contributed by atoms with Crippen LogP contribution in [0.3, 0.4) is 0 Å². The first-order valence-electron chi connectivity index (χ1n) is 8.53. The highest BCUT2D eigenvalue weighted by molar-refractivity contribution is 5.92. The van der Waals surface area contributed by atoms with Crippen LogP contribution in [0.2, 0.25) is 0 Å². The zero-order chi connectivity index (χ0) is 17.8. The predicted molar refractivity (Wildman–Crippen MR) is 102 cm³/mol. The number of amides is 1. The van der Waals surface area contributed by atoms with Gasteiger partial charge in [0.1, 0.15) is 6.54 Å². The first-order chi connectivity index (χ1) is 12.0. The Morgan fingerprint density at radius 3 is 2.56 bits per heavy atom. The zero-order valence-corrected chi connectivity index (χ0v) is 14.9. The molecule has 0 atom stereocenters. The van der Waals surface area contributed by atoms with Gasteiger partial charge >= 0.3 is 0 Å². The molecule has 3 aromatic rings. The van der Waals surface area contributed by atoms with Crippen molar-refractivity contribution in [1.82, 2.24) is 9.78 Å². The van der Waals surface area contributed by atoms with Crippen LogP contribution >= 0.6 is 0 Å². The third-order valence-electron chi connectivity index (χ3n) is 4.21. The quantitative estimate of drug-likeness (QED) is 0.740. The van der Waals surface area contributed by atoms with E-state index in [1.54, 1.807) is 4.68 Å². The Bertz CT molecular complexity index is 866. The summed E-state index contributed by atoms with van der Waals surface area (Å²) in [7, 11) is 0. The first kappa shape index (κ1) is 17.0. The van der Waals surface area contributed by atoms with Gasteiger partial charge in [-0.3, -0.25) is 9.48 Å². The Labute approximate surface area is 148 Å². The number of hydrogen-bond donors (Lipinski definition) is 1. The Kier molecular flexibility index (Phi) is 4.98. The molecule has 1 N–H and O–H groups in total. The highest BCUT2D eigenvalue weighted by Gasteiger charge is 2.13. The summed E-state index contributed by atoms with van der Waals surface area (Å²) in [5.41, 5.74) is 5.05. The van der Waals surface area contributed by atoms with Crippen molar-refractivity contribution in [3.8, 4) is 11.3 Å². The van der Waals surface area contributed by atoms with Gasteiger partial charge in [-0.15, -0.1) is 0 Å². The number of para-hydroxylation sites is 1. The van der Waals surface area contributed by atoms with E-state index in [0.717, 1.165) is 28.1 Å². The number of nitrogens with one attached hydrogen (secondary N) is 1. The fourth-order valence-corrected chi connectivity index (χ4v) is 2.88. The molecule has 3 rings (SSSR count). The fourth-order valence-electron chi connectivity index (χ4n) is 2.88. The van der Waals surface area contributed by atoms with E-state index in [0.29, 0.717) is 5.92 Å².